The Morgan fingerprint density at radius 2 is 1.92 bits per heavy atom. The normalized spacial score (nSPS) is 10.6. The molecule has 0 saturated carbocycles. The average molecular weight is 360 g/mol. The monoisotopic (exact) mass is 359 g/mol. The van der Waals surface area contributed by atoms with E-state index >= 15 is 0 Å². The minimum Gasteiger partial charge on any atom is -0.408 e. The molecule has 0 radical (unpaired) electrons. The maximum Gasteiger partial charge on any atom is 0.420 e. The highest BCUT2D eigenvalue weighted by Crippen LogP contribution is 2.25. The van der Waals surface area contributed by atoms with Crippen LogP contribution in [-0.2, 0) is 16.1 Å². The zero-order valence-electron chi connectivity index (χ0n) is 13.2. The van der Waals surface area contributed by atoms with Gasteiger partial charge in [-0.05, 0) is 30.3 Å². The molecule has 7 nitrogen and oxygen atoms in total. The first-order valence-electron chi connectivity index (χ1n) is 7.39. The molecule has 2 aromatic carbocycles. The van der Waals surface area contributed by atoms with E-state index in [4.69, 9.17) is 16.0 Å². The maximum absolute atomic E-state index is 12.3. The molecule has 0 aliphatic heterocycles. The molecule has 0 spiro atoms. The Balaban J connectivity index is 1.79. The van der Waals surface area contributed by atoms with E-state index in [0.717, 1.165) is 0 Å². The molecule has 3 rings (SSSR count). The number of carbonyl (C=O) groups is 2. The summed E-state index contributed by atoms with van der Waals surface area (Å²) >= 11 is 5.99. The Hall–Kier alpha value is -3.06. The lowest BCUT2D eigenvalue weighted by Gasteiger charge is -2.10. The van der Waals surface area contributed by atoms with E-state index in [1.807, 2.05) is 0 Å². The molecule has 0 atom stereocenters. The molecule has 25 heavy (non-hydrogen) atoms. The van der Waals surface area contributed by atoms with Crippen LogP contribution in [0.25, 0.3) is 11.1 Å². The van der Waals surface area contributed by atoms with Crippen LogP contribution in [0, 0.1) is 0 Å². The number of benzene rings is 2. The molecule has 8 heteroatoms. The summed E-state index contributed by atoms with van der Waals surface area (Å²) in [5, 5.41) is 5.59. The fourth-order valence-electron chi connectivity index (χ4n) is 2.40. The number of hydrogen-bond donors (Lipinski definition) is 2. The molecular weight excluding hydrogens is 346 g/mol. The number of halogens is 1. The number of aromatic nitrogens is 1. The molecule has 0 saturated heterocycles. The zero-order valence-corrected chi connectivity index (χ0v) is 14.0. The van der Waals surface area contributed by atoms with Gasteiger partial charge in [0.1, 0.15) is 6.54 Å². The number of rotatable bonds is 4. The van der Waals surface area contributed by atoms with Crippen LogP contribution in [0.15, 0.2) is 51.7 Å². The second-order valence-corrected chi connectivity index (χ2v) is 5.75. The molecule has 2 amide bonds. The van der Waals surface area contributed by atoms with E-state index in [-0.39, 0.29) is 12.5 Å². The van der Waals surface area contributed by atoms with Gasteiger partial charge >= 0.3 is 5.76 Å². The summed E-state index contributed by atoms with van der Waals surface area (Å²) in [5.74, 6) is -1.29. The van der Waals surface area contributed by atoms with E-state index in [0.29, 0.717) is 27.5 Å². The molecular formula is C17H14ClN3O4. The molecule has 2 N–H and O–H groups in total. The molecule has 3 aromatic rings. The van der Waals surface area contributed by atoms with E-state index in [2.05, 4.69) is 10.6 Å². The molecule has 128 valence electrons. The van der Waals surface area contributed by atoms with Gasteiger partial charge < -0.3 is 15.1 Å². The van der Waals surface area contributed by atoms with Gasteiger partial charge in [-0.2, -0.15) is 0 Å². The molecule has 0 aliphatic rings. The summed E-state index contributed by atoms with van der Waals surface area (Å²) in [6.45, 7) is 1.16. The maximum atomic E-state index is 12.3. The van der Waals surface area contributed by atoms with E-state index in [1.165, 1.54) is 17.6 Å². The zero-order chi connectivity index (χ0) is 18.0. The highest BCUT2D eigenvalue weighted by atomic mass is 35.5. The number of fused-ring (bicyclic) bond motifs is 1. The predicted octanol–water partition coefficient (Wildman–Crippen LogP) is 2.85. The van der Waals surface area contributed by atoms with Crippen LogP contribution in [0.2, 0.25) is 5.02 Å². The van der Waals surface area contributed by atoms with Crippen molar-refractivity contribution < 1.29 is 14.0 Å². The third-order valence-electron chi connectivity index (χ3n) is 3.44. The molecule has 1 aromatic heterocycles. The molecule has 0 unspecified atom stereocenters. The third kappa shape index (κ3) is 3.72. The Labute approximate surface area is 147 Å². The molecule has 0 bridgehead atoms. The van der Waals surface area contributed by atoms with Gasteiger partial charge in [-0.25, -0.2) is 4.79 Å². The summed E-state index contributed by atoms with van der Waals surface area (Å²) < 4.78 is 6.34. The van der Waals surface area contributed by atoms with Crippen LogP contribution in [0.5, 0.6) is 0 Å². The first-order chi connectivity index (χ1) is 11.9. The highest BCUT2D eigenvalue weighted by Gasteiger charge is 2.13. The number of carbonyl (C=O) groups excluding carboxylic acids is 2. The van der Waals surface area contributed by atoms with Crippen LogP contribution >= 0.6 is 11.6 Å². The van der Waals surface area contributed by atoms with Gasteiger partial charge in [0, 0.05) is 12.6 Å². The van der Waals surface area contributed by atoms with Crippen LogP contribution in [-0.4, -0.2) is 16.4 Å². The van der Waals surface area contributed by atoms with E-state index in [9.17, 15) is 14.4 Å². The number of anilines is 2. The summed E-state index contributed by atoms with van der Waals surface area (Å²) in [5.41, 5.74) is 1.79. The van der Waals surface area contributed by atoms with Gasteiger partial charge in [-0.1, -0.05) is 23.7 Å². The largest absolute Gasteiger partial charge is 0.420 e. The van der Waals surface area contributed by atoms with Gasteiger partial charge in [0.15, 0.2) is 5.58 Å². The van der Waals surface area contributed by atoms with Gasteiger partial charge in [0.2, 0.25) is 11.8 Å². The Morgan fingerprint density at radius 3 is 2.68 bits per heavy atom. The first-order valence-corrected chi connectivity index (χ1v) is 7.77. The smallest absolute Gasteiger partial charge is 0.408 e. The predicted molar refractivity (Wildman–Crippen MR) is 94.9 cm³/mol. The quantitative estimate of drug-likeness (QED) is 0.749. The standard InChI is InChI=1S/C17H14ClN3O4/c1-10(22)19-13-8-11(6-7-12(13)18)20-16(23)9-21-14-4-2-3-5-15(14)25-17(21)24/h2-8H,9H2,1H3,(H,19,22)(H,20,23). The SMILES string of the molecule is CC(=O)Nc1cc(NC(=O)Cn2c(=O)oc3ccccc32)ccc1Cl. The van der Waals surface area contributed by atoms with Crippen molar-refractivity contribution in [3.8, 4) is 0 Å². The summed E-state index contributed by atoms with van der Waals surface area (Å²) in [6.07, 6.45) is 0. The van der Waals surface area contributed by atoms with Gasteiger partial charge in [0.25, 0.3) is 0 Å². The van der Waals surface area contributed by atoms with Crippen molar-refractivity contribution in [2.24, 2.45) is 0 Å². The minimum atomic E-state index is -0.605. The van der Waals surface area contributed by atoms with Crippen molar-refractivity contribution in [2.75, 3.05) is 10.6 Å². The Morgan fingerprint density at radius 1 is 1.16 bits per heavy atom. The summed E-state index contributed by atoms with van der Waals surface area (Å²) in [7, 11) is 0. The lowest BCUT2D eigenvalue weighted by Crippen LogP contribution is -2.24. The summed E-state index contributed by atoms with van der Waals surface area (Å²) in [6, 6.07) is 11.5. The van der Waals surface area contributed by atoms with Crippen LogP contribution in [0.3, 0.4) is 0 Å². The first kappa shape index (κ1) is 16.8. The second-order valence-electron chi connectivity index (χ2n) is 5.35. The highest BCUT2D eigenvalue weighted by molar-refractivity contribution is 6.33. The number of oxazole rings is 1. The average Bonchev–Trinajstić information content (AvgIpc) is 2.86. The Bertz CT molecular complexity index is 1020. The van der Waals surface area contributed by atoms with Crippen molar-refractivity contribution in [1.29, 1.82) is 0 Å². The van der Waals surface area contributed by atoms with Gasteiger partial charge in [-0.15, -0.1) is 0 Å². The number of hydrogen-bond acceptors (Lipinski definition) is 4. The van der Waals surface area contributed by atoms with Crippen molar-refractivity contribution in [3.63, 3.8) is 0 Å². The molecule has 0 fully saturated rings. The van der Waals surface area contributed by atoms with Gasteiger partial charge in [0.05, 0.1) is 16.2 Å². The number of amides is 2. The second kappa shape index (κ2) is 6.82. The van der Waals surface area contributed by atoms with Crippen LogP contribution in [0.4, 0.5) is 11.4 Å². The summed E-state index contributed by atoms with van der Waals surface area (Å²) in [4.78, 5) is 35.3. The third-order valence-corrected chi connectivity index (χ3v) is 3.77. The van der Waals surface area contributed by atoms with E-state index < -0.39 is 11.7 Å². The van der Waals surface area contributed by atoms with Crippen LogP contribution in [0.1, 0.15) is 6.92 Å². The van der Waals surface area contributed by atoms with Crippen molar-refractivity contribution >= 4 is 45.9 Å². The molecule has 1 heterocycles. The van der Waals surface area contributed by atoms with Crippen LogP contribution < -0.4 is 16.4 Å². The van der Waals surface area contributed by atoms with Crippen molar-refractivity contribution in [3.05, 3.63) is 58.0 Å². The number of nitrogens with one attached hydrogen (secondary N) is 2. The topological polar surface area (TPSA) is 93.3 Å². The van der Waals surface area contributed by atoms with Crippen molar-refractivity contribution in [1.82, 2.24) is 4.57 Å². The fourth-order valence-corrected chi connectivity index (χ4v) is 2.56. The number of nitrogens with zero attached hydrogens (tertiary/aromatic N) is 1. The number of para-hydroxylation sites is 2. The van der Waals surface area contributed by atoms with Gasteiger partial charge in [-0.3, -0.25) is 14.2 Å². The van der Waals surface area contributed by atoms with E-state index in [1.54, 1.807) is 36.4 Å². The lowest BCUT2D eigenvalue weighted by molar-refractivity contribution is -0.117. The Kier molecular flexibility index (Phi) is 4.58. The minimum absolute atomic E-state index is 0.200. The van der Waals surface area contributed by atoms with Crippen molar-refractivity contribution in [2.45, 2.75) is 13.5 Å². The fraction of sp³-hybridized carbons (Fsp3) is 0.118. The molecule has 0 aliphatic carbocycles. The lowest BCUT2D eigenvalue weighted by atomic mass is 10.2.